The van der Waals surface area contributed by atoms with E-state index >= 15 is 0 Å². The van der Waals surface area contributed by atoms with Gasteiger partial charge in [-0.3, -0.25) is 9.59 Å². The molecule has 156 valence electrons. The van der Waals surface area contributed by atoms with Crippen LogP contribution >= 0.6 is 12.4 Å². The Bertz CT molecular complexity index is 902. The predicted octanol–water partition coefficient (Wildman–Crippen LogP) is 0.958. The van der Waals surface area contributed by atoms with Crippen LogP contribution in [-0.4, -0.2) is 63.4 Å². The van der Waals surface area contributed by atoms with Crippen LogP contribution in [0, 0.1) is 11.8 Å². The third-order valence-electron chi connectivity index (χ3n) is 6.56. The van der Waals surface area contributed by atoms with Gasteiger partial charge < -0.3 is 15.5 Å². The number of benzene rings is 1. The molecule has 8 nitrogen and oxygen atoms in total. The molecule has 3 fully saturated rings. The molecule has 3 aliphatic rings. The van der Waals surface area contributed by atoms with E-state index in [1.165, 1.54) is 0 Å². The minimum absolute atomic E-state index is 0. The number of hydrogen-bond donors (Lipinski definition) is 2. The average molecular weight is 419 g/mol. The number of halogens is 1. The van der Waals surface area contributed by atoms with Gasteiger partial charge in [-0.25, -0.2) is 4.68 Å². The first kappa shape index (κ1) is 20.1. The molecule has 29 heavy (non-hydrogen) atoms. The van der Waals surface area contributed by atoms with Gasteiger partial charge in [0.15, 0.2) is 0 Å². The van der Waals surface area contributed by atoms with Crippen LogP contribution in [0.2, 0.25) is 0 Å². The quantitative estimate of drug-likeness (QED) is 0.771. The van der Waals surface area contributed by atoms with E-state index in [1.807, 2.05) is 33.8 Å². The standard InChI is InChI=1S/C20H26N6O2.ClH/c27-18-7-3-6-16-13-10-14(12-21-11-13)19(26(16)18)20(28)22-8-9-25-17-5-2-1-4-15(17)23-24-25;/h1-2,4-5,13-14,16,19,21H,3,6-12H2,(H,22,28);1H/t13-,14+,16+,19-;/m1./s1. The summed E-state index contributed by atoms with van der Waals surface area (Å²) in [5, 5.41) is 14.9. The summed E-state index contributed by atoms with van der Waals surface area (Å²) in [6.45, 7) is 2.79. The average Bonchev–Trinajstić information content (AvgIpc) is 3.12. The van der Waals surface area contributed by atoms with E-state index < -0.39 is 0 Å². The molecule has 4 atom stereocenters. The van der Waals surface area contributed by atoms with Gasteiger partial charge in [0, 0.05) is 31.5 Å². The smallest absolute Gasteiger partial charge is 0.243 e. The summed E-state index contributed by atoms with van der Waals surface area (Å²) >= 11 is 0. The fourth-order valence-corrected chi connectivity index (χ4v) is 5.32. The van der Waals surface area contributed by atoms with Gasteiger partial charge in [-0.1, -0.05) is 17.3 Å². The molecular weight excluding hydrogens is 392 g/mol. The minimum Gasteiger partial charge on any atom is -0.352 e. The summed E-state index contributed by atoms with van der Waals surface area (Å²) in [5.41, 5.74) is 1.81. The van der Waals surface area contributed by atoms with Gasteiger partial charge in [0.25, 0.3) is 0 Å². The zero-order valence-electron chi connectivity index (χ0n) is 16.3. The van der Waals surface area contributed by atoms with Crippen LogP contribution < -0.4 is 10.6 Å². The summed E-state index contributed by atoms with van der Waals surface area (Å²) < 4.78 is 1.81. The molecule has 9 heteroatoms. The van der Waals surface area contributed by atoms with Crippen molar-refractivity contribution < 1.29 is 9.59 Å². The van der Waals surface area contributed by atoms with Gasteiger partial charge in [0.2, 0.25) is 11.8 Å². The lowest BCUT2D eigenvalue weighted by Gasteiger charge is -2.53. The summed E-state index contributed by atoms with van der Waals surface area (Å²) in [5.74, 6) is 0.796. The molecule has 5 rings (SSSR count). The highest BCUT2D eigenvalue weighted by molar-refractivity contribution is 5.89. The molecular formula is C20H27ClN6O2. The maximum atomic E-state index is 13.1. The second kappa shape index (κ2) is 8.28. The SMILES string of the molecule is Cl.O=C(NCCn1nnc2ccccc21)[C@H]1[C@@H]2CNC[C@@H](C2)[C@@H]2CCCC(=O)N21. The molecule has 4 heterocycles. The van der Waals surface area contributed by atoms with Gasteiger partial charge in [0.1, 0.15) is 11.6 Å². The molecule has 1 aromatic carbocycles. The minimum atomic E-state index is -0.352. The topological polar surface area (TPSA) is 92.1 Å². The molecule has 0 unspecified atom stereocenters. The van der Waals surface area contributed by atoms with E-state index in [1.54, 1.807) is 0 Å². The van der Waals surface area contributed by atoms with Crippen LogP contribution in [0.5, 0.6) is 0 Å². The molecule has 0 saturated carbocycles. The monoisotopic (exact) mass is 418 g/mol. The molecule has 2 amide bonds. The number of para-hydroxylation sites is 1. The number of hydrogen-bond acceptors (Lipinski definition) is 5. The summed E-state index contributed by atoms with van der Waals surface area (Å²) in [4.78, 5) is 27.7. The first-order valence-corrected chi connectivity index (χ1v) is 10.3. The van der Waals surface area contributed by atoms with Gasteiger partial charge >= 0.3 is 0 Å². The highest BCUT2D eigenvalue weighted by Crippen LogP contribution is 2.39. The van der Waals surface area contributed by atoms with Crippen molar-refractivity contribution in [1.29, 1.82) is 0 Å². The number of fused-ring (bicyclic) bond motifs is 5. The molecule has 2 aromatic rings. The highest BCUT2D eigenvalue weighted by Gasteiger charge is 2.50. The third-order valence-corrected chi connectivity index (χ3v) is 6.56. The predicted molar refractivity (Wildman–Crippen MR) is 111 cm³/mol. The number of amides is 2. The van der Waals surface area contributed by atoms with Crippen LogP contribution in [0.15, 0.2) is 24.3 Å². The fraction of sp³-hybridized carbons (Fsp3) is 0.600. The van der Waals surface area contributed by atoms with Crippen LogP contribution in [0.1, 0.15) is 25.7 Å². The molecule has 1 aromatic heterocycles. The van der Waals surface area contributed by atoms with Crippen molar-refractivity contribution in [3.63, 3.8) is 0 Å². The number of aromatic nitrogens is 3. The van der Waals surface area contributed by atoms with Crippen LogP contribution in [0.3, 0.4) is 0 Å². The maximum Gasteiger partial charge on any atom is 0.243 e. The first-order chi connectivity index (χ1) is 13.7. The Labute approximate surface area is 175 Å². The number of nitrogens with zero attached hydrogens (tertiary/aromatic N) is 4. The number of piperidine rings is 3. The third kappa shape index (κ3) is 3.59. The van der Waals surface area contributed by atoms with Crippen molar-refractivity contribution in [3.8, 4) is 0 Å². The van der Waals surface area contributed by atoms with Gasteiger partial charge in [0.05, 0.1) is 12.1 Å². The summed E-state index contributed by atoms with van der Waals surface area (Å²) in [6, 6.07) is 7.65. The number of carbonyl (C=O) groups excluding carboxylic acids is 2. The van der Waals surface area contributed by atoms with Crippen LogP contribution in [-0.2, 0) is 16.1 Å². The Morgan fingerprint density at radius 2 is 2.07 bits per heavy atom. The van der Waals surface area contributed by atoms with Crippen molar-refractivity contribution in [2.75, 3.05) is 19.6 Å². The Morgan fingerprint density at radius 3 is 2.97 bits per heavy atom. The largest absolute Gasteiger partial charge is 0.352 e. The fourth-order valence-electron chi connectivity index (χ4n) is 5.32. The summed E-state index contributed by atoms with van der Waals surface area (Å²) in [6.07, 6.45) is 3.56. The Balaban J connectivity index is 0.00000205. The highest BCUT2D eigenvalue weighted by atomic mass is 35.5. The van der Waals surface area contributed by atoms with Crippen LogP contribution in [0.4, 0.5) is 0 Å². The Hall–Kier alpha value is -2.19. The molecule has 0 aliphatic carbocycles. The molecule has 2 bridgehead atoms. The second-order valence-electron chi connectivity index (χ2n) is 8.21. The van der Waals surface area contributed by atoms with E-state index in [0.29, 0.717) is 25.4 Å². The molecule has 0 radical (unpaired) electrons. The Morgan fingerprint density at radius 1 is 1.24 bits per heavy atom. The van der Waals surface area contributed by atoms with E-state index in [9.17, 15) is 9.59 Å². The van der Waals surface area contributed by atoms with Crippen molar-refractivity contribution >= 4 is 35.3 Å². The number of nitrogens with one attached hydrogen (secondary N) is 2. The first-order valence-electron chi connectivity index (χ1n) is 10.3. The lowest BCUT2D eigenvalue weighted by Crippen LogP contribution is -2.68. The lowest BCUT2D eigenvalue weighted by molar-refractivity contribution is -0.157. The van der Waals surface area contributed by atoms with Gasteiger partial charge in [-0.2, -0.15) is 0 Å². The van der Waals surface area contributed by atoms with E-state index in [-0.39, 0.29) is 42.2 Å². The zero-order valence-corrected chi connectivity index (χ0v) is 17.1. The van der Waals surface area contributed by atoms with Crippen molar-refractivity contribution in [2.45, 2.75) is 44.3 Å². The normalized spacial score (nSPS) is 28.6. The van der Waals surface area contributed by atoms with Crippen molar-refractivity contribution in [3.05, 3.63) is 24.3 Å². The van der Waals surface area contributed by atoms with Crippen LogP contribution in [0.25, 0.3) is 11.0 Å². The Kier molecular flexibility index (Phi) is 5.74. The van der Waals surface area contributed by atoms with Gasteiger partial charge in [-0.15, -0.1) is 17.5 Å². The van der Waals surface area contributed by atoms with E-state index in [2.05, 4.69) is 20.9 Å². The molecule has 2 N–H and O–H groups in total. The number of rotatable bonds is 4. The van der Waals surface area contributed by atoms with E-state index in [0.717, 1.165) is 43.4 Å². The molecule has 3 aliphatic heterocycles. The molecule has 0 spiro atoms. The van der Waals surface area contributed by atoms with Crippen molar-refractivity contribution in [1.82, 2.24) is 30.5 Å². The van der Waals surface area contributed by atoms with Gasteiger partial charge in [-0.05, 0) is 43.9 Å². The lowest BCUT2D eigenvalue weighted by atomic mass is 9.72. The second-order valence-corrected chi connectivity index (χ2v) is 8.21. The zero-order chi connectivity index (χ0) is 19.1. The van der Waals surface area contributed by atoms with E-state index in [4.69, 9.17) is 0 Å². The maximum absolute atomic E-state index is 13.1. The van der Waals surface area contributed by atoms with Crippen molar-refractivity contribution in [2.24, 2.45) is 11.8 Å². The summed E-state index contributed by atoms with van der Waals surface area (Å²) in [7, 11) is 0. The number of carbonyl (C=O) groups is 2. The molecule has 3 saturated heterocycles.